The quantitative estimate of drug-likeness (QED) is 0.256. The van der Waals surface area contributed by atoms with Crippen LogP contribution in [0.2, 0.25) is 0 Å². The van der Waals surface area contributed by atoms with Crippen LogP contribution in [0.4, 0.5) is 4.39 Å². The number of halogens is 1. The van der Waals surface area contributed by atoms with Crippen molar-refractivity contribution >= 4 is 10.9 Å². The average molecular weight is 475 g/mol. The summed E-state index contributed by atoms with van der Waals surface area (Å²) in [6.45, 7) is 1.87. The number of aromatic nitrogens is 1. The van der Waals surface area contributed by atoms with Crippen molar-refractivity contribution in [3.05, 3.63) is 89.9 Å². The molecule has 3 aromatic carbocycles. The highest BCUT2D eigenvalue weighted by Crippen LogP contribution is 2.37. The Morgan fingerprint density at radius 1 is 0.771 bits per heavy atom. The van der Waals surface area contributed by atoms with Crippen LogP contribution in [0.5, 0.6) is 23.0 Å². The lowest BCUT2D eigenvalue weighted by molar-refractivity contribution is 0.333. The molecule has 0 bridgehead atoms. The number of pyridine rings is 1. The Labute approximate surface area is 206 Å². The Hall–Kier alpha value is -3.64. The van der Waals surface area contributed by atoms with Crippen molar-refractivity contribution in [2.24, 2.45) is 0 Å². The predicted octanol–water partition coefficient (Wildman–Crippen LogP) is 6.29. The number of hydrogen-bond acceptors (Lipinski definition) is 5. The molecule has 1 heterocycles. The van der Waals surface area contributed by atoms with E-state index < -0.39 is 0 Å². The average Bonchev–Trinajstić information content (AvgIpc) is 2.88. The van der Waals surface area contributed by atoms with Crippen molar-refractivity contribution in [3.8, 4) is 23.0 Å². The first-order valence-corrected chi connectivity index (χ1v) is 11.8. The lowest BCUT2D eigenvalue weighted by Crippen LogP contribution is -2.22. The number of benzene rings is 3. The molecular weight excluding hydrogens is 443 g/mol. The molecule has 0 aliphatic heterocycles. The molecule has 0 aliphatic carbocycles. The van der Waals surface area contributed by atoms with E-state index in [-0.39, 0.29) is 11.6 Å². The minimum atomic E-state index is -0.389. The summed E-state index contributed by atoms with van der Waals surface area (Å²) < 4.78 is 31.6. The van der Waals surface area contributed by atoms with E-state index in [4.69, 9.17) is 14.2 Å². The Kier molecular flexibility index (Phi) is 8.16. The van der Waals surface area contributed by atoms with Crippen LogP contribution in [0.3, 0.4) is 0 Å². The summed E-state index contributed by atoms with van der Waals surface area (Å²) in [5.74, 6) is 1.42. The van der Waals surface area contributed by atoms with Gasteiger partial charge in [0.05, 0.1) is 19.7 Å². The van der Waals surface area contributed by atoms with Crippen molar-refractivity contribution < 1.29 is 18.6 Å². The molecule has 4 aromatic rings. The maximum Gasteiger partial charge on any atom is 0.165 e. The molecule has 0 saturated heterocycles. The molecule has 0 N–H and O–H groups in total. The van der Waals surface area contributed by atoms with E-state index in [1.807, 2.05) is 12.1 Å². The number of rotatable bonds is 11. The summed E-state index contributed by atoms with van der Waals surface area (Å²) >= 11 is 0. The van der Waals surface area contributed by atoms with Crippen molar-refractivity contribution in [1.29, 1.82) is 0 Å². The molecule has 4 rings (SSSR count). The minimum Gasteiger partial charge on any atom is -0.493 e. The van der Waals surface area contributed by atoms with E-state index in [0.717, 1.165) is 37.9 Å². The maximum atomic E-state index is 14.9. The van der Waals surface area contributed by atoms with Gasteiger partial charge in [0.25, 0.3) is 0 Å². The predicted molar refractivity (Wildman–Crippen MR) is 137 cm³/mol. The zero-order valence-corrected chi connectivity index (χ0v) is 20.5. The monoisotopic (exact) mass is 474 g/mol. The molecule has 0 aliphatic rings. The fourth-order valence-corrected chi connectivity index (χ4v) is 4.07. The lowest BCUT2D eigenvalue weighted by Gasteiger charge is -2.17. The molecule has 0 spiro atoms. The number of nitrogens with zero attached hydrogens (tertiary/aromatic N) is 2. The number of fused-ring (bicyclic) bond motifs is 1. The van der Waals surface area contributed by atoms with Crippen molar-refractivity contribution in [1.82, 2.24) is 9.88 Å². The second kappa shape index (κ2) is 11.7. The van der Waals surface area contributed by atoms with Crippen LogP contribution >= 0.6 is 0 Å². The van der Waals surface area contributed by atoms with E-state index in [1.54, 1.807) is 50.7 Å². The van der Waals surface area contributed by atoms with E-state index in [0.29, 0.717) is 28.2 Å². The van der Waals surface area contributed by atoms with Gasteiger partial charge in [-0.15, -0.1) is 0 Å². The van der Waals surface area contributed by atoms with Crippen LogP contribution in [0, 0.1) is 5.82 Å². The third-order valence-electron chi connectivity index (χ3n) is 6.05. The number of ether oxygens (including phenoxy) is 3. The highest BCUT2D eigenvalue weighted by molar-refractivity contribution is 5.88. The van der Waals surface area contributed by atoms with Gasteiger partial charge < -0.3 is 19.1 Å². The number of hydrogen-bond donors (Lipinski definition) is 0. The van der Waals surface area contributed by atoms with Gasteiger partial charge in [-0.25, -0.2) is 4.39 Å². The van der Waals surface area contributed by atoms with Gasteiger partial charge in [-0.3, -0.25) is 4.98 Å². The van der Waals surface area contributed by atoms with Crippen LogP contribution in [0.1, 0.15) is 17.5 Å². The molecule has 5 nitrogen and oxygen atoms in total. The van der Waals surface area contributed by atoms with Crippen LogP contribution in [0.25, 0.3) is 10.9 Å². The van der Waals surface area contributed by atoms with E-state index >= 15 is 0 Å². The maximum absolute atomic E-state index is 14.9. The normalized spacial score (nSPS) is 11.1. The summed E-state index contributed by atoms with van der Waals surface area (Å²) in [5.41, 5.74) is 2.97. The highest BCUT2D eigenvalue weighted by Gasteiger charge is 2.13. The first kappa shape index (κ1) is 24.5. The van der Waals surface area contributed by atoms with Gasteiger partial charge >= 0.3 is 0 Å². The van der Waals surface area contributed by atoms with Crippen LogP contribution in [-0.4, -0.2) is 44.2 Å². The molecule has 0 amide bonds. The first-order valence-electron chi connectivity index (χ1n) is 11.8. The van der Waals surface area contributed by atoms with Crippen molar-refractivity contribution in [2.45, 2.75) is 19.3 Å². The summed E-state index contributed by atoms with van der Waals surface area (Å²) in [4.78, 5) is 6.66. The Balaban J connectivity index is 1.37. The van der Waals surface area contributed by atoms with Gasteiger partial charge in [0.1, 0.15) is 5.75 Å². The summed E-state index contributed by atoms with van der Waals surface area (Å²) in [5, 5.41) is 0.714. The molecule has 6 heteroatoms. The molecule has 1 aromatic heterocycles. The van der Waals surface area contributed by atoms with Gasteiger partial charge in [0.2, 0.25) is 0 Å². The van der Waals surface area contributed by atoms with Crippen LogP contribution in [-0.2, 0) is 12.8 Å². The van der Waals surface area contributed by atoms with Gasteiger partial charge in [0.15, 0.2) is 23.1 Å². The Bertz CT molecular complexity index is 1260. The molecule has 0 unspecified atom stereocenters. The molecule has 35 heavy (non-hydrogen) atoms. The molecule has 0 atom stereocenters. The third kappa shape index (κ3) is 6.28. The van der Waals surface area contributed by atoms with Crippen molar-refractivity contribution in [3.63, 3.8) is 0 Å². The zero-order chi connectivity index (χ0) is 24.6. The van der Waals surface area contributed by atoms with Gasteiger partial charge in [-0.05, 0) is 68.2 Å². The molecule has 182 valence electrons. The summed E-state index contributed by atoms with van der Waals surface area (Å²) in [6, 6.07) is 21.0. The highest BCUT2D eigenvalue weighted by atomic mass is 19.1. The largest absolute Gasteiger partial charge is 0.493 e. The SMILES string of the molecule is COc1cc2nccc(Oc3ccc(CCN(C)CCCc4ccccc4)cc3F)c2cc1OC. The fourth-order valence-electron chi connectivity index (χ4n) is 4.07. The number of likely N-dealkylation sites (N-methyl/N-ethyl adjacent to an activating group) is 1. The zero-order valence-electron chi connectivity index (χ0n) is 20.5. The van der Waals surface area contributed by atoms with Gasteiger partial charge in [0, 0.05) is 24.2 Å². The molecule has 0 radical (unpaired) electrons. The number of methoxy groups -OCH3 is 2. The molecule has 0 fully saturated rings. The Morgan fingerprint density at radius 2 is 1.54 bits per heavy atom. The van der Waals surface area contributed by atoms with E-state index in [1.165, 1.54) is 5.56 Å². The number of aryl methyl sites for hydroxylation is 1. The third-order valence-corrected chi connectivity index (χ3v) is 6.05. The topological polar surface area (TPSA) is 43.8 Å². The van der Waals surface area contributed by atoms with Crippen LogP contribution < -0.4 is 14.2 Å². The van der Waals surface area contributed by atoms with Gasteiger partial charge in [-0.2, -0.15) is 0 Å². The Morgan fingerprint density at radius 3 is 2.29 bits per heavy atom. The van der Waals surface area contributed by atoms with E-state index in [9.17, 15) is 4.39 Å². The van der Waals surface area contributed by atoms with Crippen molar-refractivity contribution in [2.75, 3.05) is 34.4 Å². The second-order valence-corrected chi connectivity index (χ2v) is 8.54. The summed E-state index contributed by atoms with van der Waals surface area (Å²) in [6.07, 6.45) is 4.56. The fraction of sp³-hybridized carbons (Fsp3) is 0.276. The minimum absolute atomic E-state index is 0.173. The molecular formula is C29H31FN2O3. The smallest absolute Gasteiger partial charge is 0.165 e. The molecule has 0 saturated carbocycles. The second-order valence-electron chi connectivity index (χ2n) is 8.54. The van der Waals surface area contributed by atoms with E-state index in [2.05, 4.69) is 41.2 Å². The van der Waals surface area contributed by atoms with Gasteiger partial charge in [-0.1, -0.05) is 36.4 Å². The first-order chi connectivity index (χ1) is 17.1. The standard InChI is InChI=1S/C29H31FN2O3/c1-32(16-7-10-21-8-5-4-6-9-21)17-14-22-11-12-27(24(30)18-22)35-26-13-15-31-25-20-29(34-3)28(33-2)19-23(25)26/h4-6,8-9,11-13,15,18-20H,7,10,14,16-17H2,1-3H3. The van der Waals surface area contributed by atoms with Crippen LogP contribution in [0.15, 0.2) is 72.9 Å². The summed E-state index contributed by atoms with van der Waals surface area (Å²) in [7, 11) is 5.25. The lowest BCUT2D eigenvalue weighted by atomic mass is 10.1.